The van der Waals surface area contributed by atoms with Crippen molar-refractivity contribution in [2.45, 2.75) is 32.6 Å². The Morgan fingerprint density at radius 2 is 2.23 bits per heavy atom. The van der Waals surface area contributed by atoms with Gasteiger partial charge in [-0.05, 0) is 25.0 Å². The number of aromatic nitrogens is 1. The first-order valence-electron chi connectivity index (χ1n) is 8.80. The molecule has 4 nitrogen and oxygen atoms in total. The Bertz CT molecular complexity index is 826. The molecule has 1 aliphatic rings. The van der Waals surface area contributed by atoms with Crippen molar-refractivity contribution in [2.75, 3.05) is 11.9 Å². The van der Waals surface area contributed by atoms with Crippen LogP contribution in [0, 0.1) is 5.82 Å². The van der Waals surface area contributed by atoms with E-state index in [0.29, 0.717) is 23.2 Å². The standard InChI is InChI=1S/C20H22FN3OS/c1-2-3-6-11-25-19-9-8-16(12-17(19)21)23-20-24-18(14-26-20)15-7-4-5-10-22-13-15/h5,7-10,12-14H,2-4,6,11H2,1H3,(H,23,24). The monoisotopic (exact) mass is 371 g/mol. The zero-order chi connectivity index (χ0) is 18.2. The highest BCUT2D eigenvalue weighted by atomic mass is 32.1. The quantitative estimate of drug-likeness (QED) is 0.582. The molecule has 2 aromatic rings. The van der Waals surface area contributed by atoms with Gasteiger partial charge in [-0.15, -0.1) is 11.3 Å². The predicted octanol–water partition coefficient (Wildman–Crippen LogP) is 5.97. The van der Waals surface area contributed by atoms with E-state index in [9.17, 15) is 4.39 Å². The first-order valence-corrected chi connectivity index (χ1v) is 9.68. The van der Waals surface area contributed by atoms with E-state index in [0.717, 1.165) is 37.0 Å². The molecule has 0 saturated heterocycles. The van der Waals surface area contributed by atoms with Crippen LogP contribution in [-0.4, -0.2) is 17.8 Å². The molecule has 1 aromatic carbocycles. The molecule has 0 radical (unpaired) electrons. The van der Waals surface area contributed by atoms with Crippen LogP contribution in [0.4, 0.5) is 15.2 Å². The van der Waals surface area contributed by atoms with Crippen molar-refractivity contribution in [1.82, 2.24) is 4.98 Å². The minimum absolute atomic E-state index is 0.291. The number of ether oxygens (including phenoxy) is 1. The van der Waals surface area contributed by atoms with Gasteiger partial charge in [-0.25, -0.2) is 9.37 Å². The molecule has 3 rings (SSSR count). The maximum atomic E-state index is 14.2. The van der Waals surface area contributed by atoms with Gasteiger partial charge >= 0.3 is 0 Å². The highest BCUT2D eigenvalue weighted by Crippen LogP contribution is 2.27. The maximum Gasteiger partial charge on any atom is 0.187 e. The number of nitrogens with zero attached hydrogens (tertiary/aromatic N) is 2. The van der Waals surface area contributed by atoms with Crippen LogP contribution < -0.4 is 10.1 Å². The zero-order valence-electron chi connectivity index (χ0n) is 14.7. The van der Waals surface area contributed by atoms with Gasteiger partial charge in [-0.3, -0.25) is 4.99 Å². The summed E-state index contributed by atoms with van der Waals surface area (Å²) in [5, 5.41) is 5.82. The Morgan fingerprint density at radius 1 is 1.31 bits per heavy atom. The first kappa shape index (κ1) is 18.3. The Balaban J connectivity index is 1.62. The predicted molar refractivity (Wildman–Crippen MR) is 107 cm³/mol. The van der Waals surface area contributed by atoms with Crippen molar-refractivity contribution in [1.29, 1.82) is 0 Å². The summed E-state index contributed by atoms with van der Waals surface area (Å²) >= 11 is 1.48. The smallest absolute Gasteiger partial charge is 0.187 e. The first-order chi connectivity index (χ1) is 12.8. The average Bonchev–Trinajstić information content (AvgIpc) is 2.92. The van der Waals surface area contributed by atoms with Crippen molar-refractivity contribution in [3.63, 3.8) is 0 Å². The van der Waals surface area contributed by atoms with Gasteiger partial charge in [0.15, 0.2) is 16.7 Å². The summed E-state index contributed by atoms with van der Waals surface area (Å²) < 4.78 is 19.7. The molecule has 1 N–H and O–H groups in total. The van der Waals surface area contributed by atoms with Gasteiger partial charge in [0.05, 0.1) is 12.3 Å². The zero-order valence-corrected chi connectivity index (χ0v) is 15.6. The number of aliphatic imine (C=N–C) groups is 1. The highest BCUT2D eigenvalue weighted by molar-refractivity contribution is 7.13. The number of rotatable bonds is 8. The van der Waals surface area contributed by atoms with E-state index in [1.54, 1.807) is 24.5 Å². The Kier molecular flexibility index (Phi) is 6.55. The molecular weight excluding hydrogens is 349 g/mol. The molecule has 0 atom stereocenters. The van der Waals surface area contributed by atoms with E-state index in [4.69, 9.17) is 4.74 Å². The number of benzene rings is 1. The van der Waals surface area contributed by atoms with Crippen LogP contribution in [0.5, 0.6) is 5.75 Å². The second-order valence-electron chi connectivity index (χ2n) is 5.92. The number of halogens is 1. The van der Waals surface area contributed by atoms with E-state index < -0.39 is 0 Å². The minimum Gasteiger partial charge on any atom is -0.491 e. The minimum atomic E-state index is -0.368. The summed E-state index contributed by atoms with van der Waals surface area (Å²) in [4.78, 5) is 8.75. The SMILES string of the molecule is CCCCCOc1ccc(Nc2nc(C3=CCC=CN=C3)cs2)cc1F. The lowest BCUT2D eigenvalue weighted by Gasteiger charge is -2.09. The molecule has 2 heterocycles. The van der Waals surface area contributed by atoms with Gasteiger partial charge in [0.1, 0.15) is 0 Å². The van der Waals surface area contributed by atoms with Gasteiger partial charge < -0.3 is 10.1 Å². The fourth-order valence-electron chi connectivity index (χ4n) is 2.48. The number of allylic oxidation sites excluding steroid dienone is 3. The normalized spacial score (nSPS) is 13.4. The van der Waals surface area contributed by atoms with Crippen molar-refractivity contribution >= 4 is 33.9 Å². The van der Waals surface area contributed by atoms with E-state index in [1.165, 1.54) is 17.4 Å². The van der Waals surface area contributed by atoms with Crippen LogP contribution in [0.25, 0.3) is 5.57 Å². The van der Waals surface area contributed by atoms with Crippen molar-refractivity contribution < 1.29 is 9.13 Å². The molecule has 0 saturated carbocycles. The molecule has 0 amide bonds. The third kappa shape index (κ3) is 5.02. The van der Waals surface area contributed by atoms with E-state index in [-0.39, 0.29) is 5.82 Å². The molecule has 0 spiro atoms. The van der Waals surface area contributed by atoms with Crippen LogP contribution in [0.1, 0.15) is 38.3 Å². The van der Waals surface area contributed by atoms with Gasteiger partial charge in [-0.1, -0.05) is 31.9 Å². The molecule has 1 aromatic heterocycles. The summed E-state index contributed by atoms with van der Waals surface area (Å²) in [6, 6.07) is 4.90. The molecule has 0 aliphatic carbocycles. The van der Waals surface area contributed by atoms with E-state index in [1.807, 2.05) is 11.5 Å². The average molecular weight is 371 g/mol. The number of hydrogen-bond donors (Lipinski definition) is 1. The topological polar surface area (TPSA) is 46.5 Å². The second-order valence-corrected chi connectivity index (χ2v) is 6.78. The molecule has 6 heteroatoms. The number of thiazole rings is 1. The van der Waals surface area contributed by atoms with Gasteiger partial charge in [0.2, 0.25) is 0 Å². The fraction of sp³-hybridized carbons (Fsp3) is 0.300. The highest BCUT2D eigenvalue weighted by Gasteiger charge is 2.09. The van der Waals surface area contributed by atoms with Gasteiger partial charge in [-0.2, -0.15) is 0 Å². The lowest BCUT2D eigenvalue weighted by Crippen LogP contribution is -2.00. The number of unbranched alkanes of at least 4 members (excludes halogenated alkanes) is 2. The van der Waals surface area contributed by atoms with Crippen molar-refractivity contribution in [2.24, 2.45) is 4.99 Å². The lowest BCUT2D eigenvalue weighted by molar-refractivity contribution is 0.291. The lowest BCUT2D eigenvalue weighted by atomic mass is 10.2. The second kappa shape index (κ2) is 9.29. The third-order valence-electron chi connectivity index (χ3n) is 3.87. The summed E-state index contributed by atoms with van der Waals surface area (Å²) in [7, 11) is 0. The number of nitrogens with one attached hydrogen (secondary N) is 1. The van der Waals surface area contributed by atoms with Gasteiger partial charge in [0, 0.05) is 35.1 Å². The molecule has 1 aliphatic heterocycles. The summed E-state index contributed by atoms with van der Waals surface area (Å²) in [5.74, 6) is -0.0771. The molecule has 0 fully saturated rings. The van der Waals surface area contributed by atoms with Crippen molar-refractivity contribution in [3.8, 4) is 5.75 Å². The number of hydrogen-bond acceptors (Lipinski definition) is 5. The Labute approximate surface area is 157 Å². The maximum absolute atomic E-state index is 14.2. The van der Waals surface area contributed by atoms with E-state index in [2.05, 4.69) is 28.3 Å². The molecule has 0 unspecified atom stereocenters. The van der Waals surface area contributed by atoms with Crippen LogP contribution in [0.15, 0.2) is 46.9 Å². The Hall–Kier alpha value is -2.47. The molecule has 0 bridgehead atoms. The molecule has 136 valence electrons. The largest absolute Gasteiger partial charge is 0.491 e. The van der Waals surface area contributed by atoms with Crippen LogP contribution in [0.3, 0.4) is 0 Å². The number of anilines is 2. The summed E-state index contributed by atoms with van der Waals surface area (Å²) in [6.45, 7) is 2.67. The van der Waals surface area contributed by atoms with Crippen molar-refractivity contribution in [3.05, 3.63) is 53.4 Å². The summed E-state index contributed by atoms with van der Waals surface area (Å²) in [6.07, 6.45) is 11.6. The molecule has 26 heavy (non-hydrogen) atoms. The molecular formula is C20H22FN3OS. The third-order valence-corrected chi connectivity index (χ3v) is 4.63. The van der Waals surface area contributed by atoms with Crippen LogP contribution in [-0.2, 0) is 0 Å². The van der Waals surface area contributed by atoms with Gasteiger partial charge in [0.25, 0.3) is 0 Å². The van der Waals surface area contributed by atoms with E-state index >= 15 is 0 Å². The summed E-state index contributed by atoms with van der Waals surface area (Å²) in [5.41, 5.74) is 2.50. The van der Waals surface area contributed by atoms with Crippen LogP contribution >= 0.6 is 11.3 Å². The fourth-order valence-corrected chi connectivity index (χ4v) is 3.22. The Morgan fingerprint density at radius 3 is 3.08 bits per heavy atom. The van der Waals surface area contributed by atoms with Crippen LogP contribution in [0.2, 0.25) is 0 Å².